The van der Waals surface area contributed by atoms with Crippen LogP contribution in [-0.4, -0.2) is 46.4 Å². The van der Waals surface area contributed by atoms with E-state index in [-0.39, 0.29) is 13.0 Å². The predicted octanol–water partition coefficient (Wildman–Crippen LogP) is 2.26. The SMILES string of the molecule is CC(C)(C)OC(=O)N1CC[C@H](C(=O)O)[C@H]1C(F)(F)F. The van der Waals surface area contributed by atoms with Gasteiger partial charge in [-0.15, -0.1) is 0 Å². The fourth-order valence-corrected chi connectivity index (χ4v) is 1.98. The molecule has 1 aliphatic heterocycles. The van der Waals surface area contributed by atoms with Gasteiger partial charge in [-0.1, -0.05) is 0 Å². The molecule has 0 unspecified atom stereocenters. The lowest BCUT2D eigenvalue weighted by atomic mass is 10.0. The Morgan fingerprint density at radius 1 is 1.26 bits per heavy atom. The zero-order valence-electron chi connectivity index (χ0n) is 10.8. The van der Waals surface area contributed by atoms with Gasteiger partial charge in [-0.3, -0.25) is 9.69 Å². The Kier molecular flexibility index (Phi) is 4.02. The molecule has 0 aliphatic carbocycles. The molecule has 0 radical (unpaired) electrons. The maximum atomic E-state index is 12.9. The summed E-state index contributed by atoms with van der Waals surface area (Å²) in [5.74, 6) is -3.21. The number of carbonyl (C=O) groups is 2. The first-order chi connectivity index (χ1) is 8.43. The molecule has 5 nitrogen and oxygen atoms in total. The van der Waals surface area contributed by atoms with Gasteiger partial charge in [-0.05, 0) is 27.2 Å². The molecule has 1 saturated heterocycles. The quantitative estimate of drug-likeness (QED) is 0.801. The smallest absolute Gasteiger partial charge is 0.410 e. The molecule has 0 saturated carbocycles. The van der Waals surface area contributed by atoms with Crippen LogP contribution in [0.2, 0.25) is 0 Å². The van der Waals surface area contributed by atoms with Crippen LogP contribution in [0.1, 0.15) is 27.2 Å². The lowest BCUT2D eigenvalue weighted by molar-refractivity contribution is -0.189. The summed E-state index contributed by atoms with van der Waals surface area (Å²) in [6.07, 6.45) is -6.17. The van der Waals surface area contributed by atoms with Crippen LogP contribution in [0.5, 0.6) is 0 Å². The number of nitrogens with zero attached hydrogens (tertiary/aromatic N) is 1. The number of rotatable bonds is 1. The van der Waals surface area contributed by atoms with E-state index in [2.05, 4.69) is 0 Å². The van der Waals surface area contributed by atoms with Gasteiger partial charge in [0.2, 0.25) is 0 Å². The maximum Gasteiger partial charge on any atom is 0.410 e. The molecule has 1 fully saturated rings. The number of amides is 1. The number of carboxylic acid groups (broad SMARTS) is 1. The molecule has 1 amide bonds. The molecule has 0 bridgehead atoms. The zero-order valence-corrected chi connectivity index (χ0v) is 10.8. The van der Waals surface area contributed by atoms with Crippen molar-refractivity contribution in [1.82, 2.24) is 4.90 Å². The molecule has 1 aliphatic rings. The number of hydrogen-bond donors (Lipinski definition) is 1. The number of carbonyl (C=O) groups excluding carboxylic acids is 1. The Labute approximate surface area is 108 Å². The van der Waals surface area contributed by atoms with Gasteiger partial charge in [0.1, 0.15) is 11.6 Å². The normalized spacial score (nSPS) is 24.4. The maximum absolute atomic E-state index is 12.9. The molecule has 0 aromatic heterocycles. The van der Waals surface area contributed by atoms with Gasteiger partial charge in [0.25, 0.3) is 0 Å². The topological polar surface area (TPSA) is 66.8 Å². The van der Waals surface area contributed by atoms with E-state index in [1.807, 2.05) is 0 Å². The molecule has 1 heterocycles. The second kappa shape index (κ2) is 4.90. The average molecular weight is 283 g/mol. The van der Waals surface area contributed by atoms with Crippen molar-refractivity contribution in [3.8, 4) is 0 Å². The molecule has 0 aromatic rings. The minimum Gasteiger partial charge on any atom is -0.481 e. The van der Waals surface area contributed by atoms with Crippen molar-refractivity contribution >= 4 is 12.1 Å². The lowest BCUT2D eigenvalue weighted by Gasteiger charge is -2.30. The van der Waals surface area contributed by atoms with E-state index in [4.69, 9.17) is 9.84 Å². The van der Waals surface area contributed by atoms with E-state index >= 15 is 0 Å². The van der Waals surface area contributed by atoms with Gasteiger partial charge in [-0.25, -0.2) is 4.79 Å². The Morgan fingerprint density at radius 2 is 1.79 bits per heavy atom. The highest BCUT2D eigenvalue weighted by Gasteiger charge is 2.56. The Balaban J connectivity index is 2.95. The number of ether oxygens (including phenoxy) is 1. The van der Waals surface area contributed by atoms with Crippen LogP contribution in [0, 0.1) is 5.92 Å². The number of carboxylic acids is 1. The summed E-state index contributed by atoms with van der Waals surface area (Å²) in [6, 6.07) is -2.33. The van der Waals surface area contributed by atoms with Gasteiger partial charge in [0, 0.05) is 6.54 Å². The summed E-state index contributed by atoms with van der Waals surface area (Å²) in [4.78, 5) is 23.0. The zero-order chi connectivity index (χ0) is 15.0. The standard InChI is InChI=1S/C11H16F3NO4/c1-10(2,3)19-9(18)15-5-4-6(8(16)17)7(15)11(12,13)14/h6-7H,4-5H2,1-3H3,(H,16,17)/t6-,7-/m0/s1. The van der Waals surface area contributed by atoms with Crippen LogP contribution in [0.25, 0.3) is 0 Å². The van der Waals surface area contributed by atoms with E-state index in [1.54, 1.807) is 0 Å². The summed E-state index contributed by atoms with van der Waals surface area (Å²) < 4.78 is 43.6. The van der Waals surface area contributed by atoms with Crippen molar-refractivity contribution in [3.63, 3.8) is 0 Å². The summed E-state index contributed by atoms with van der Waals surface area (Å²) >= 11 is 0. The van der Waals surface area contributed by atoms with Crippen LogP contribution in [0.3, 0.4) is 0 Å². The van der Waals surface area contributed by atoms with E-state index in [1.165, 1.54) is 20.8 Å². The third-order valence-electron chi connectivity index (χ3n) is 2.68. The van der Waals surface area contributed by atoms with Gasteiger partial charge in [0.05, 0.1) is 5.92 Å². The molecule has 0 aromatic carbocycles. The highest BCUT2D eigenvalue weighted by Crippen LogP contribution is 2.37. The van der Waals surface area contributed by atoms with Crippen molar-refractivity contribution in [2.45, 2.75) is 45.0 Å². The fraction of sp³-hybridized carbons (Fsp3) is 0.818. The van der Waals surface area contributed by atoms with Gasteiger partial charge in [-0.2, -0.15) is 13.2 Å². The van der Waals surface area contributed by atoms with E-state index < -0.39 is 35.8 Å². The second-order valence-corrected chi connectivity index (χ2v) is 5.39. The van der Waals surface area contributed by atoms with Crippen LogP contribution >= 0.6 is 0 Å². The molecule has 1 rings (SSSR count). The Bertz CT molecular complexity index is 375. The largest absolute Gasteiger partial charge is 0.481 e. The second-order valence-electron chi connectivity index (χ2n) is 5.39. The summed E-state index contributed by atoms with van der Waals surface area (Å²) in [7, 11) is 0. The van der Waals surface area contributed by atoms with Crippen LogP contribution in [-0.2, 0) is 9.53 Å². The Morgan fingerprint density at radius 3 is 2.16 bits per heavy atom. The first-order valence-corrected chi connectivity index (χ1v) is 5.72. The fourth-order valence-electron chi connectivity index (χ4n) is 1.98. The summed E-state index contributed by atoms with van der Waals surface area (Å²) in [5, 5.41) is 8.80. The molecular weight excluding hydrogens is 267 g/mol. The molecule has 1 N–H and O–H groups in total. The van der Waals surface area contributed by atoms with Gasteiger partial charge in [0.15, 0.2) is 0 Å². The van der Waals surface area contributed by atoms with E-state index in [0.717, 1.165) is 0 Å². The Hall–Kier alpha value is -1.47. The first kappa shape index (κ1) is 15.6. The third-order valence-corrected chi connectivity index (χ3v) is 2.68. The molecule has 2 atom stereocenters. The highest BCUT2D eigenvalue weighted by molar-refractivity contribution is 5.75. The molecule has 19 heavy (non-hydrogen) atoms. The highest BCUT2D eigenvalue weighted by atomic mass is 19.4. The molecule has 8 heteroatoms. The molecular formula is C11H16F3NO4. The predicted molar refractivity (Wildman–Crippen MR) is 58.5 cm³/mol. The monoisotopic (exact) mass is 283 g/mol. The van der Waals surface area contributed by atoms with E-state index in [9.17, 15) is 22.8 Å². The van der Waals surface area contributed by atoms with Crippen molar-refractivity contribution < 1.29 is 32.6 Å². The molecule has 0 spiro atoms. The van der Waals surface area contributed by atoms with Crippen LogP contribution < -0.4 is 0 Å². The number of likely N-dealkylation sites (tertiary alicyclic amines) is 1. The van der Waals surface area contributed by atoms with E-state index in [0.29, 0.717) is 4.90 Å². The van der Waals surface area contributed by atoms with Crippen molar-refractivity contribution in [1.29, 1.82) is 0 Å². The van der Waals surface area contributed by atoms with Gasteiger partial charge < -0.3 is 9.84 Å². The van der Waals surface area contributed by atoms with Crippen LogP contribution in [0.15, 0.2) is 0 Å². The summed E-state index contributed by atoms with van der Waals surface area (Å²) in [5.41, 5.74) is -0.936. The van der Waals surface area contributed by atoms with Crippen molar-refractivity contribution in [3.05, 3.63) is 0 Å². The third kappa shape index (κ3) is 3.74. The van der Waals surface area contributed by atoms with Crippen molar-refractivity contribution in [2.24, 2.45) is 5.92 Å². The van der Waals surface area contributed by atoms with Crippen molar-refractivity contribution in [2.75, 3.05) is 6.54 Å². The number of halogens is 3. The number of aliphatic carboxylic acids is 1. The summed E-state index contributed by atoms with van der Waals surface area (Å²) in [6.45, 7) is 4.30. The number of hydrogen-bond acceptors (Lipinski definition) is 3. The first-order valence-electron chi connectivity index (χ1n) is 5.72. The van der Waals surface area contributed by atoms with Crippen LogP contribution in [0.4, 0.5) is 18.0 Å². The minimum absolute atomic E-state index is 0.237. The average Bonchev–Trinajstić information content (AvgIpc) is 2.57. The van der Waals surface area contributed by atoms with Gasteiger partial charge >= 0.3 is 18.2 Å². The molecule has 110 valence electrons. The number of alkyl halides is 3. The lowest BCUT2D eigenvalue weighted by Crippen LogP contribution is -2.50. The minimum atomic E-state index is -4.80.